The van der Waals surface area contributed by atoms with Gasteiger partial charge in [0.1, 0.15) is 12.1 Å². The van der Waals surface area contributed by atoms with E-state index in [1.54, 1.807) is 4.90 Å². The fourth-order valence-electron chi connectivity index (χ4n) is 9.30. The first-order chi connectivity index (χ1) is 24.0. The Morgan fingerprint density at radius 1 is 1.00 bits per heavy atom. The van der Waals surface area contributed by atoms with Crippen molar-refractivity contribution in [3.63, 3.8) is 0 Å². The minimum Gasteiger partial charge on any atom is -0.373 e. The number of likely N-dealkylation sites (tertiary alicyclic amines) is 1. The summed E-state index contributed by atoms with van der Waals surface area (Å²) < 4.78 is 6.33. The lowest BCUT2D eigenvalue weighted by molar-refractivity contribution is -0.146. The highest BCUT2D eigenvalue weighted by atomic mass is 16.5. The summed E-state index contributed by atoms with van der Waals surface area (Å²) in [6, 6.07) is -2.50. The molecule has 0 aromatic rings. The van der Waals surface area contributed by atoms with E-state index in [0.29, 0.717) is 19.0 Å². The number of hydrogen-bond acceptors (Lipinski definition) is 7. The molecule has 1 saturated heterocycles. The third-order valence-electron chi connectivity index (χ3n) is 12.0. The molecule has 4 aliphatic rings. The predicted molar refractivity (Wildman–Crippen MR) is 201 cm³/mol. The third-order valence-corrected chi connectivity index (χ3v) is 12.0. The molecule has 10 heteroatoms. The largest absolute Gasteiger partial charge is 0.373 e. The van der Waals surface area contributed by atoms with Crippen molar-refractivity contribution in [1.82, 2.24) is 26.2 Å². The number of ether oxygens (including phenoxy) is 1. The summed E-state index contributed by atoms with van der Waals surface area (Å²) in [7, 11) is 0. The number of Topliss-reactive ketones (excluding diaryl/α,β-unsaturated/α-hetero) is 1. The number of nitrogens with zero attached hydrogens (tertiary/aromatic N) is 1. The molecule has 1 heterocycles. The lowest BCUT2D eigenvalue weighted by Gasteiger charge is -2.49. The van der Waals surface area contributed by atoms with Crippen LogP contribution >= 0.6 is 0 Å². The summed E-state index contributed by atoms with van der Waals surface area (Å²) in [5, 5.41) is 12.7. The first-order valence-electron chi connectivity index (χ1n) is 19.3. The standard InChI is InChI=1S/C41H65N5O5/c1-10-12-19-30(33(47)36(49)42-24-11-2)44-35(48)32-31-29(25-39(31,7)8)26-46(32)37(50)34(40(9)20-15-13-16-21-40)43-28(3)45-41(22-17-14-18-23-41)27-51-38(4,5)6/h1,11,29-32,34,43,45H,2-3,12-27H2,4-9H3,(H,42,49)(H,44,48)/t29?,30?,31-,32-,34?/m0/s1. The van der Waals surface area contributed by atoms with E-state index in [0.717, 1.165) is 64.2 Å². The number of fused-ring (bicyclic) bond motifs is 1. The average Bonchev–Trinajstić information content (AvgIpc) is 3.42. The minimum absolute atomic E-state index is 0.0828. The lowest BCUT2D eigenvalue weighted by atomic mass is 9.55. The van der Waals surface area contributed by atoms with Crippen LogP contribution in [0, 0.1) is 35.0 Å². The number of nitrogens with one attached hydrogen (secondary N) is 4. The van der Waals surface area contributed by atoms with E-state index >= 15 is 4.79 Å². The summed E-state index contributed by atoms with van der Waals surface area (Å²) in [4.78, 5) is 57.2. The number of carbonyl (C=O) groups excluding carboxylic acids is 4. The maximum Gasteiger partial charge on any atom is 0.289 e. The number of terminal acetylenes is 1. The highest BCUT2D eigenvalue weighted by molar-refractivity contribution is 6.38. The second-order valence-electron chi connectivity index (χ2n) is 17.7. The molecule has 5 atom stereocenters. The quantitative estimate of drug-likeness (QED) is 0.0995. The molecule has 10 nitrogen and oxygen atoms in total. The molecule has 3 saturated carbocycles. The fourth-order valence-corrected chi connectivity index (χ4v) is 9.30. The Labute approximate surface area is 307 Å². The molecule has 0 radical (unpaired) electrons. The van der Waals surface area contributed by atoms with Crippen LogP contribution in [0.1, 0.15) is 125 Å². The predicted octanol–water partition coefficient (Wildman–Crippen LogP) is 5.14. The number of rotatable bonds is 16. The zero-order valence-corrected chi connectivity index (χ0v) is 32.3. The first-order valence-corrected chi connectivity index (χ1v) is 19.3. The topological polar surface area (TPSA) is 129 Å². The molecule has 4 N–H and O–H groups in total. The van der Waals surface area contributed by atoms with Gasteiger partial charge in [-0.2, -0.15) is 0 Å². The van der Waals surface area contributed by atoms with Gasteiger partial charge in [0.2, 0.25) is 17.6 Å². The highest BCUT2D eigenvalue weighted by Crippen LogP contribution is 2.57. The van der Waals surface area contributed by atoms with Crippen LogP contribution in [0.3, 0.4) is 0 Å². The molecular formula is C41H65N5O5. The summed E-state index contributed by atoms with van der Waals surface area (Å²) in [5.41, 5.74) is -1.10. The van der Waals surface area contributed by atoms with Crippen LogP contribution in [-0.2, 0) is 23.9 Å². The molecule has 0 bridgehead atoms. The number of ketones is 1. The van der Waals surface area contributed by atoms with Crippen molar-refractivity contribution in [2.45, 2.75) is 154 Å². The molecule has 51 heavy (non-hydrogen) atoms. The van der Waals surface area contributed by atoms with Crippen LogP contribution in [0.2, 0.25) is 0 Å². The van der Waals surface area contributed by atoms with Crippen molar-refractivity contribution in [1.29, 1.82) is 0 Å². The second-order valence-corrected chi connectivity index (χ2v) is 17.7. The van der Waals surface area contributed by atoms with Crippen LogP contribution in [0.15, 0.2) is 25.1 Å². The molecule has 0 aromatic carbocycles. The monoisotopic (exact) mass is 707 g/mol. The van der Waals surface area contributed by atoms with E-state index < -0.39 is 35.7 Å². The number of amides is 3. The van der Waals surface area contributed by atoms with E-state index in [1.165, 1.54) is 12.5 Å². The van der Waals surface area contributed by atoms with Crippen molar-refractivity contribution in [3.05, 3.63) is 25.1 Å². The summed E-state index contributed by atoms with van der Waals surface area (Å²) in [5.74, 6) is 1.11. The van der Waals surface area contributed by atoms with Gasteiger partial charge >= 0.3 is 0 Å². The van der Waals surface area contributed by atoms with Crippen LogP contribution in [0.4, 0.5) is 0 Å². The van der Waals surface area contributed by atoms with Crippen molar-refractivity contribution >= 4 is 23.5 Å². The Balaban J connectivity index is 1.62. The zero-order valence-electron chi connectivity index (χ0n) is 32.3. The molecule has 4 rings (SSSR count). The van der Waals surface area contributed by atoms with Gasteiger partial charge < -0.3 is 30.9 Å². The van der Waals surface area contributed by atoms with E-state index in [-0.39, 0.29) is 59.1 Å². The highest BCUT2D eigenvalue weighted by Gasteiger charge is 2.62. The molecular weight excluding hydrogens is 642 g/mol. The Bertz CT molecular complexity index is 1350. The molecule has 4 fully saturated rings. The zero-order chi connectivity index (χ0) is 37.6. The van der Waals surface area contributed by atoms with Crippen molar-refractivity contribution in [2.24, 2.45) is 22.7 Å². The van der Waals surface area contributed by atoms with E-state index in [1.807, 2.05) is 0 Å². The Morgan fingerprint density at radius 3 is 2.20 bits per heavy atom. The van der Waals surface area contributed by atoms with Crippen LogP contribution < -0.4 is 21.3 Å². The summed E-state index contributed by atoms with van der Waals surface area (Å²) >= 11 is 0. The Kier molecular flexibility index (Phi) is 13.1. The lowest BCUT2D eigenvalue weighted by Crippen LogP contribution is -2.62. The Morgan fingerprint density at radius 2 is 1.63 bits per heavy atom. The molecule has 284 valence electrons. The molecule has 1 aliphatic heterocycles. The van der Waals surface area contributed by atoms with Gasteiger partial charge in [-0.3, -0.25) is 19.2 Å². The van der Waals surface area contributed by atoms with Gasteiger partial charge in [0.25, 0.3) is 5.91 Å². The molecule has 3 unspecified atom stereocenters. The van der Waals surface area contributed by atoms with Crippen LogP contribution in [-0.4, -0.2) is 77.4 Å². The molecule has 0 aromatic heterocycles. The van der Waals surface area contributed by atoms with Gasteiger partial charge in [-0.05, 0) is 82.0 Å². The third kappa shape index (κ3) is 9.77. The Hall–Kier alpha value is -3.32. The minimum atomic E-state index is -1.10. The van der Waals surface area contributed by atoms with E-state index in [4.69, 9.17) is 11.2 Å². The number of hydrogen-bond donors (Lipinski definition) is 4. The van der Waals surface area contributed by atoms with Gasteiger partial charge in [-0.15, -0.1) is 18.9 Å². The van der Waals surface area contributed by atoms with Crippen molar-refractivity contribution < 1.29 is 23.9 Å². The number of carbonyl (C=O) groups is 4. The van der Waals surface area contributed by atoms with Gasteiger partial charge in [0.15, 0.2) is 0 Å². The van der Waals surface area contributed by atoms with E-state index in [9.17, 15) is 14.4 Å². The maximum absolute atomic E-state index is 15.1. The molecule has 3 amide bonds. The van der Waals surface area contributed by atoms with Crippen molar-refractivity contribution in [3.8, 4) is 12.3 Å². The molecule has 0 spiro atoms. The van der Waals surface area contributed by atoms with Gasteiger partial charge in [0.05, 0.1) is 29.6 Å². The summed E-state index contributed by atoms with van der Waals surface area (Å²) in [6.45, 7) is 21.8. The normalized spacial score (nSPS) is 25.8. The SMILES string of the molecule is C#CCCC(NC(=O)[C@@H]1[C@@H]2C(CN1C(=O)C(NC(=C)NC1(COC(C)(C)C)CCCCC1)C1(C)CCCCC1)CC2(C)C)C(=O)C(=O)NCC=C. The average molecular weight is 708 g/mol. The fraction of sp³-hybridized carbons (Fsp3) is 0.756. The van der Waals surface area contributed by atoms with E-state index in [2.05, 4.69) is 81.9 Å². The smallest absolute Gasteiger partial charge is 0.289 e. The van der Waals surface area contributed by atoms with Crippen LogP contribution in [0.5, 0.6) is 0 Å². The molecule has 3 aliphatic carbocycles. The van der Waals surface area contributed by atoms with Gasteiger partial charge in [-0.1, -0.05) is 72.0 Å². The second kappa shape index (κ2) is 16.6. The first kappa shape index (κ1) is 40.5. The summed E-state index contributed by atoms with van der Waals surface area (Å²) in [6.07, 6.45) is 18.5. The van der Waals surface area contributed by atoms with Gasteiger partial charge in [0, 0.05) is 19.5 Å². The van der Waals surface area contributed by atoms with Crippen molar-refractivity contribution in [2.75, 3.05) is 19.7 Å². The maximum atomic E-state index is 15.1. The van der Waals surface area contributed by atoms with Crippen LogP contribution in [0.25, 0.3) is 0 Å². The van der Waals surface area contributed by atoms with Gasteiger partial charge in [-0.25, -0.2) is 0 Å².